The van der Waals surface area contributed by atoms with Crippen LogP contribution in [0.1, 0.15) is 36.3 Å². The minimum absolute atomic E-state index is 0.0181. The first-order valence-corrected chi connectivity index (χ1v) is 8.86. The van der Waals surface area contributed by atoms with Crippen molar-refractivity contribution in [2.75, 3.05) is 19.0 Å². The van der Waals surface area contributed by atoms with Crippen molar-refractivity contribution < 1.29 is 23.8 Å². The zero-order valence-corrected chi connectivity index (χ0v) is 15.6. The van der Waals surface area contributed by atoms with E-state index in [1.165, 1.54) is 7.11 Å². The summed E-state index contributed by atoms with van der Waals surface area (Å²) in [6.07, 6.45) is 6.50. The molecule has 150 valence electrons. The smallest absolute Gasteiger partial charge is 0.337 e. The third-order valence-corrected chi connectivity index (χ3v) is 4.70. The van der Waals surface area contributed by atoms with Crippen LogP contribution in [0.4, 0.5) is 10.1 Å². The van der Waals surface area contributed by atoms with E-state index >= 15 is 0 Å². The molecule has 28 heavy (non-hydrogen) atoms. The van der Waals surface area contributed by atoms with E-state index in [0.717, 1.165) is 12.1 Å². The maximum Gasteiger partial charge on any atom is 0.337 e. The van der Waals surface area contributed by atoms with Crippen LogP contribution in [-0.4, -0.2) is 51.2 Å². The summed E-state index contributed by atoms with van der Waals surface area (Å²) in [5.74, 6) is -2.68. The molecule has 1 fully saturated rings. The predicted molar refractivity (Wildman–Crippen MR) is 98.3 cm³/mol. The molecule has 1 aromatic heterocycles. The molecule has 1 amide bonds. The average molecular weight is 391 g/mol. The molecule has 0 bridgehead atoms. The highest BCUT2D eigenvalue weighted by Crippen LogP contribution is 2.28. The van der Waals surface area contributed by atoms with Gasteiger partial charge in [-0.15, -0.1) is 0 Å². The van der Waals surface area contributed by atoms with Gasteiger partial charge in [0, 0.05) is 25.0 Å². The second-order valence-corrected chi connectivity index (χ2v) is 6.36. The summed E-state index contributed by atoms with van der Waals surface area (Å²) >= 11 is 0. The fraction of sp³-hybridized carbons (Fsp3) is 0.389. The highest BCUT2D eigenvalue weighted by Gasteiger charge is 2.32. The number of hydrazine groups is 1. The first-order chi connectivity index (χ1) is 13.4. The van der Waals surface area contributed by atoms with E-state index in [1.54, 1.807) is 12.5 Å². The van der Waals surface area contributed by atoms with Crippen molar-refractivity contribution in [3.8, 4) is 5.75 Å². The number of hydrogen-bond donors (Lipinski definition) is 3. The van der Waals surface area contributed by atoms with Crippen molar-refractivity contribution >= 4 is 17.6 Å². The summed E-state index contributed by atoms with van der Waals surface area (Å²) in [4.78, 5) is 28.2. The van der Waals surface area contributed by atoms with Crippen LogP contribution in [0.25, 0.3) is 0 Å². The number of nitrogens with zero attached hydrogens (tertiary/aromatic N) is 3. The summed E-state index contributed by atoms with van der Waals surface area (Å²) in [6, 6.07) is 1.43. The van der Waals surface area contributed by atoms with Crippen molar-refractivity contribution in [1.29, 1.82) is 0 Å². The Balaban J connectivity index is 1.75. The Bertz CT molecular complexity index is 858. The highest BCUT2D eigenvalue weighted by molar-refractivity contribution is 6.02. The van der Waals surface area contributed by atoms with Gasteiger partial charge in [0.25, 0.3) is 0 Å². The third-order valence-electron chi connectivity index (χ3n) is 4.70. The van der Waals surface area contributed by atoms with Crippen LogP contribution in [0, 0.1) is 5.82 Å². The molecule has 1 aliphatic heterocycles. The fourth-order valence-electron chi connectivity index (χ4n) is 3.28. The highest BCUT2D eigenvalue weighted by atomic mass is 19.1. The zero-order valence-electron chi connectivity index (χ0n) is 15.6. The monoisotopic (exact) mass is 391 g/mol. The number of ether oxygens (including phenoxy) is 1. The number of carboxylic acid groups (broad SMARTS) is 1. The first-order valence-electron chi connectivity index (χ1n) is 8.86. The maximum absolute atomic E-state index is 14.0. The Hall–Kier alpha value is -2.98. The maximum atomic E-state index is 14.0. The molecule has 1 aromatic carbocycles. The van der Waals surface area contributed by atoms with Crippen molar-refractivity contribution in [2.24, 2.45) is 0 Å². The van der Waals surface area contributed by atoms with E-state index in [-0.39, 0.29) is 23.2 Å². The van der Waals surface area contributed by atoms with E-state index in [0.29, 0.717) is 19.4 Å². The van der Waals surface area contributed by atoms with Crippen LogP contribution in [-0.2, 0) is 4.79 Å². The van der Waals surface area contributed by atoms with Crippen molar-refractivity contribution in [2.45, 2.75) is 32.0 Å². The largest absolute Gasteiger partial charge is 0.494 e. The number of amides is 1. The van der Waals surface area contributed by atoms with Gasteiger partial charge in [-0.3, -0.25) is 4.79 Å². The van der Waals surface area contributed by atoms with Crippen molar-refractivity contribution in [3.63, 3.8) is 0 Å². The summed E-state index contributed by atoms with van der Waals surface area (Å²) in [6.45, 7) is 2.60. The number of anilines is 1. The second-order valence-electron chi connectivity index (χ2n) is 6.36. The Morgan fingerprint density at radius 1 is 1.43 bits per heavy atom. The van der Waals surface area contributed by atoms with E-state index in [4.69, 9.17) is 4.74 Å². The number of aromatic carboxylic acids is 1. The van der Waals surface area contributed by atoms with Gasteiger partial charge in [-0.05, 0) is 18.9 Å². The van der Waals surface area contributed by atoms with E-state index in [9.17, 15) is 19.1 Å². The molecule has 1 aliphatic rings. The van der Waals surface area contributed by atoms with E-state index < -0.39 is 23.7 Å². The topological polar surface area (TPSA) is 109 Å². The SMILES string of the molecule is CCN1NC(C(=O)Nc2cc(F)c(OC)cc2C(=O)O)CCC1n1ccnc1. The number of carbonyl (C=O) groups is 2. The van der Waals surface area contributed by atoms with Gasteiger partial charge >= 0.3 is 5.97 Å². The van der Waals surface area contributed by atoms with Crippen LogP contribution in [0.5, 0.6) is 5.75 Å². The van der Waals surface area contributed by atoms with Crippen LogP contribution in [0.2, 0.25) is 0 Å². The average Bonchev–Trinajstić information content (AvgIpc) is 3.21. The Morgan fingerprint density at radius 3 is 2.82 bits per heavy atom. The number of benzene rings is 1. The lowest BCUT2D eigenvalue weighted by Crippen LogP contribution is -2.56. The molecule has 0 spiro atoms. The molecule has 2 aromatic rings. The molecule has 3 N–H and O–H groups in total. The molecule has 3 rings (SSSR count). The lowest BCUT2D eigenvalue weighted by atomic mass is 10.1. The number of nitrogens with one attached hydrogen (secondary N) is 2. The van der Waals surface area contributed by atoms with Gasteiger partial charge in [0.05, 0.1) is 24.7 Å². The van der Waals surface area contributed by atoms with Gasteiger partial charge < -0.3 is 19.7 Å². The summed E-state index contributed by atoms with van der Waals surface area (Å²) in [7, 11) is 1.24. The number of rotatable bonds is 6. The van der Waals surface area contributed by atoms with Crippen LogP contribution >= 0.6 is 0 Å². The minimum atomic E-state index is -1.29. The minimum Gasteiger partial charge on any atom is -0.494 e. The van der Waals surface area contributed by atoms with E-state index in [2.05, 4.69) is 15.7 Å². The molecule has 0 radical (unpaired) electrons. The van der Waals surface area contributed by atoms with Gasteiger partial charge in [0.15, 0.2) is 11.6 Å². The number of carboxylic acids is 1. The quantitative estimate of drug-likeness (QED) is 0.690. The summed E-state index contributed by atoms with van der Waals surface area (Å²) in [5, 5.41) is 13.8. The second kappa shape index (κ2) is 8.36. The zero-order chi connectivity index (χ0) is 20.3. The lowest BCUT2D eigenvalue weighted by molar-refractivity contribution is -0.122. The number of imidazole rings is 1. The Labute approximate surface area is 161 Å². The van der Waals surface area contributed by atoms with Gasteiger partial charge in [-0.1, -0.05) is 6.92 Å². The predicted octanol–water partition coefficient (Wildman–Crippen LogP) is 1.86. The Morgan fingerprint density at radius 2 is 2.21 bits per heavy atom. The molecule has 9 nitrogen and oxygen atoms in total. The Kier molecular flexibility index (Phi) is 5.90. The molecule has 1 saturated heterocycles. The molecule has 2 heterocycles. The molecule has 10 heteroatoms. The van der Waals surface area contributed by atoms with E-state index in [1.807, 2.05) is 22.7 Å². The number of halogens is 1. The molecule has 0 saturated carbocycles. The molecule has 2 unspecified atom stereocenters. The normalized spacial score (nSPS) is 20.0. The number of aromatic nitrogens is 2. The van der Waals surface area contributed by atoms with Gasteiger partial charge in [-0.2, -0.15) is 0 Å². The third kappa shape index (κ3) is 3.97. The number of carbonyl (C=O) groups excluding carboxylic acids is 1. The number of hydrogen-bond acceptors (Lipinski definition) is 6. The summed E-state index contributed by atoms with van der Waals surface area (Å²) in [5.41, 5.74) is 2.80. The molecule has 0 aliphatic carbocycles. The van der Waals surface area contributed by atoms with Crippen LogP contribution in [0.15, 0.2) is 30.9 Å². The standard InChI is InChI=1S/C18H22FN5O4/c1-3-24-16(23-7-6-20-10-23)5-4-13(22-24)17(25)21-14-9-12(19)15(28-2)8-11(14)18(26)27/h6-10,13,16,22H,3-5H2,1-2H3,(H,21,25)(H,26,27). The lowest BCUT2D eigenvalue weighted by Gasteiger charge is -2.39. The first kappa shape index (κ1) is 19.8. The molecular weight excluding hydrogens is 369 g/mol. The van der Waals surface area contributed by atoms with Gasteiger partial charge in [0.1, 0.15) is 12.2 Å². The van der Waals surface area contributed by atoms with Gasteiger partial charge in [0.2, 0.25) is 5.91 Å². The van der Waals surface area contributed by atoms with Crippen LogP contribution < -0.4 is 15.5 Å². The fourth-order valence-corrected chi connectivity index (χ4v) is 3.28. The van der Waals surface area contributed by atoms with Crippen molar-refractivity contribution in [1.82, 2.24) is 20.0 Å². The van der Waals surface area contributed by atoms with Crippen molar-refractivity contribution in [3.05, 3.63) is 42.2 Å². The van der Waals surface area contributed by atoms with Gasteiger partial charge in [-0.25, -0.2) is 24.6 Å². The molecule has 2 atom stereocenters. The molecular formula is C18H22FN5O4. The summed E-state index contributed by atoms with van der Waals surface area (Å²) < 4.78 is 20.8. The van der Waals surface area contributed by atoms with Crippen LogP contribution in [0.3, 0.4) is 0 Å². The number of methoxy groups -OCH3 is 1.